The molecule has 0 saturated carbocycles. The number of aliphatic hydroxyl groups excluding tert-OH is 31. The van der Waals surface area contributed by atoms with Crippen LogP contribution in [0.3, 0.4) is 0 Å². The van der Waals surface area contributed by atoms with Crippen molar-refractivity contribution in [3.05, 3.63) is 0 Å². The van der Waals surface area contributed by atoms with Crippen molar-refractivity contribution in [1.82, 2.24) is 31.9 Å². The molecule has 66 nitrogen and oxygen atoms in total. The van der Waals surface area contributed by atoms with E-state index >= 15 is 0 Å². The van der Waals surface area contributed by atoms with E-state index in [0.29, 0.717) is 0 Å². The van der Waals surface area contributed by atoms with Gasteiger partial charge in [0.1, 0.15) is 287 Å². The van der Waals surface area contributed by atoms with E-state index in [1.807, 2.05) is 0 Å². The molecule has 150 heavy (non-hydrogen) atoms. The Kier molecular flexibility index (Phi) is 44.4. The third-order valence-corrected chi connectivity index (χ3v) is 27.4. The highest BCUT2D eigenvalue weighted by Crippen LogP contribution is 2.43. The average Bonchev–Trinajstić information content (AvgIpc) is 0.762. The van der Waals surface area contributed by atoms with Crippen LogP contribution in [0.1, 0.15) is 48.5 Å². The highest BCUT2D eigenvalue weighted by Gasteiger charge is 2.64. The Morgan fingerprint density at radius 3 is 0.753 bits per heavy atom. The minimum Gasteiger partial charge on any atom is -0.394 e. The quantitative estimate of drug-likeness (QED) is 0.0272. The first-order valence-electron chi connectivity index (χ1n) is 48.0. The number of carbonyl (C=O) groups excluding carboxylic acids is 6. The molecule has 12 fully saturated rings. The molecule has 12 aliphatic heterocycles. The van der Waals surface area contributed by atoms with Gasteiger partial charge in [-0.2, -0.15) is 0 Å². The first kappa shape index (κ1) is 123. The summed E-state index contributed by atoms with van der Waals surface area (Å²) < 4.78 is 138. The maximum atomic E-state index is 13.4. The molecular weight excluding hydrogens is 2050 g/mol. The number of rotatable bonds is 39. The Hall–Kier alpha value is -5.34. The molecular formula is C84H140N6O60. The van der Waals surface area contributed by atoms with Crippen LogP contribution in [0.15, 0.2) is 0 Å². The number of ether oxygens (including phenoxy) is 23. The molecule has 0 aliphatic carbocycles. The standard InChI is InChI=1S/C84H140N6O60/c1-19-43(106)57(120)60(123)79(130-19)128-18-36-67(53(116)37(73(127)131-36)85-20(2)100)142-76-40(88-23(5)103)54(117)66(32(14-97)138-76)145-82-63(126)70(148-84-72(59(122)47(110)29(11-94)137-84)150-78-42(90-25(7)105)56(119)65(34(16-99)140-78)144-81-62(125)69(49(112)31(13-96)135-81)147-75-39(87-22(4)102)52(115)45(108)27(9-92)133-75)50(113)35(141-82)17-129-83-71(58(121)46(109)28(10-93)136-83)149-77-41(89-24(6)104)55(118)64(33(15-98)139-77)143-80-61(124)68(48(111)30(12-95)134-80)146-74-38(86-21(3)101)51(114)44(107)26(8-91)132-74/h19,26-84,91-99,106-127H,8-18H2,1-7H3,(H,85,100)(H,86,101)(H,87,102)(H,88,103)(H,89,104)(H,90,105)/t19-,26+,27+,28+,29+,30+,31+,32+,33+,34+,35+,36+,37+,38+,39+,40+,41+,42+,43+,44+,45+,46+,47+,48-,49-,50+,51+,52+,53+,54+,55+,56+,57+,58-,59-,60-,61+,62+,63-,64+,65+,66+,67+,68-,69-,70-,71-,72-,73+,74-,75-,76-,77-,78-,79+,80-,81-,82-,83-,84+/m0/s1. The average molecular weight is 2190 g/mol. The Bertz CT molecular complexity index is 4250. The second kappa shape index (κ2) is 54.0. The fourth-order valence-corrected chi connectivity index (χ4v) is 19.6. The fraction of sp³-hybridized carbons (Fsp3) is 0.929. The van der Waals surface area contributed by atoms with Crippen molar-refractivity contribution >= 4 is 35.4 Å². The van der Waals surface area contributed by atoms with Crippen molar-refractivity contribution in [2.75, 3.05) is 72.7 Å². The van der Waals surface area contributed by atoms with Crippen molar-refractivity contribution in [3.8, 4) is 0 Å². The fourth-order valence-electron chi connectivity index (χ4n) is 19.6. The molecule has 0 aromatic carbocycles. The lowest BCUT2D eigenvalue weighted by Crippen LogP contribution is -2.71. The van der Waals surface area contributed by atoms with Crippen LogP contribution in [0, 0.1) is 0 Å². The summed E-state index contributed by atoms with van der Waals surface area (Å²) in [5, 5.41) is 367. The van der Waals surface area contributed by atoms with Gasteiger partial charge in [0.25, 0.3) is 0 Å². The van der Waals surface area contributed by atoms with Crippen LogP contribution in [-0.2, 0) is 138 Å². The van der Waals surface area contributed by atoms with E-state index in [4.69, 9.17) is 109 Å². The number of amides is 6. The summed E-state index contributed by atoms with van der Waals surface area (Å²) in [5.74, 6) is -5.68. The Balaban J connectivity index is 0.860. The zero-order valence-corrected chi connectivity index (χ0v) is 81.1. The molecule has 37 N–H and O–H groups in total. The van der Waals surface area contributed by atoms with E-state index in [0.717, 1.165) is 41.5 Å². The molecule has 0 aromatic rings. The van der Waals surface area contributed by atoms with Crippen LogP contribution in [0.2, 0.25) is 0 Å². The molecule has 0 unspecified atom stereocenters. The summed E-state index contributed by atoms with van der Waals surface area (Å²) >= 11 is 0. The summed E-state index contributed by atoms with van der Waals surface area (Å²) in [7, 11) is 0. The molecule has 0 radical (unpaired) electrons. The first-order chi connectivity index (χ1) is 70.9. The van der Waals surface area contributed by atoms with Crippen molar-refractivity contribution in [2.24, 2.45) is 0 Å². The van der Waals surface area contributed by atoms with E-state index in [-0.39, 0.29) is 0 Å². The zero-order valence-electron chi connectivity index (χ0n) is 81.1. The van der Waals surface area contributed by atoms with Crippen LogP contribution in [-0.4, -0.2) is 635 Å². The van der Waals surface area contributed by atoms with Gasteiger partial charge in [0.05, 0.1) is 78.8 Å². The maximum Gasteiger partial charge on any atom is 0.217 e. The minimum atomic E-state index is -2.72. The van der Waals surface area contributed by atoms with E-state index in [2.05, 4.69) is 31.9 Å². The van der Waals surface area contributed by atoms with Gasteiger partial charge >= 0.3 is 0 Å². The van der Waals surface area contributed by atoms with Gasteiger partial charge in [-0.1, -0.05) is 0 Å². The highest BCUT2D eigenvalue weighted by atomic mass is 16.8. The van der Waals surface area contributed by atoms with Crippen LogP contribution in [0.4, 0.5) is 0 Å². The molecule has 0 spiro atoms. The maximum absolute atomic E-state index is 13.4. The summed E-state index contributed by atoms with van der Waals surface area (Å²) in [5.41, 5.74) is 0. The number of aliphatic hydroxyl groups is 31. The molecule has 12 rings (SSSR count). The third kappa shape index (κ3) is 27.5. The summed E-state index contributed by atoms with van der Waals surface area (Å²) in [4.78, 5) is 77.4. The molecule has 6 amide bonds. The predicted molar refractivity (Wildman–Crippen MR) is 463 cm³/mol. The molecule has 12 saturated heterocycles. The first-order valence-corrected chi connectivity index (χ1v) is 48.0. The lowest BCUT2D eigenvalue weighted by Gasteiger charge is -2.51. The third-order valence-electron chi connectivity index (χ3n) is 27.4. The molecule has 12 heterocycles. The van der Waals surface area contributed by atoms with E-state index in [1.165, 1.54) is 6.92 Å². The van der Waals surface area contributed by atoms with Gasteiger partial charge in [-0.05, 0) is 6.92 Å². The summed E-state index contributed by atoms with van der Waals surface area (Å²) in [6.07, 6.45) is -115. The van der Waals surface area contributed by atoms with Gasteiger partial charge in [0.15, 0.2) is 75.5 Å². The molecule has 12 aliphatic rings. The van der Waals surface area contributed by atoms with Crippen molar-refractivity contribution < 1.29 is 296 Å². The molecule has 0 aromatic heterocycles. The molecule has 60 atom stereocenters. The van der Waals surface area contributed by atoms with Crippen LogP contribution in [0.5, 0.6) is 0 Å². The Labute approximate surface area is 849 Å². The Morgan fingerprint density at radius 1 is 0.187 bits per heavy atom. The smallest absolute Gasteiger partial charge is 0.217 e. The number of hydrogen-bond donors (Lipinski definition) is 37. The SMILES string of the molecule is CC(=O)N[C@@H]1[C@@H](O)[C@H](O[C@@H]2O[C@H](CO)[C@@H](O[C@@H]3O[C@H](CO[C@H]4O[C@H](CO)[C@@H](O)[C@H](O)[C@@H]4O[C@@H]4O[C@H](CO)[C@@H](O[C@@H]5O[C@H](CO)[C@H](O)[C@H](O[C@@H]6O[C@H](CO)[C@@H](O)[C@H](O)[C@H]6NC(C)=O)[C@H]5O)[C@H](O)[C@H]4NC(C)=O)[C@@H](O)[C@H](O[C@H]4O[C@H](CO)[C@@H](O)[C@H](O)[C@@H]4O[C@@H]4O[C@H](CO)[C@@H](O[C@@H]5O[C@H](CO)[C@H](O)[C@H](O[C@@H]6O[C@H](CO)[C@@H](O)[C@H](O)[C@H]6NC(C)=O)[C@H]5O)[C@H](O)[C@H]4NC(C)=O)[C@@H]3O)[C@H](O)[C@H]2NC(C)=O)[C@@H](CO[C@@H]2O[C@@H](C)[C@@H](O)[C@@H](O)[C@@H]2O)O[C@H]1O. The lowest BCUT2D eigenvalue weighted by molar-refractivity contribution is -0.400. The predicted octanol–water partition coefficient (Wildman–Crippen LogP) is -25.3. The number of nitrogens with one attached hydrogen (secondary N) is 6. The lowest BCUT2D eigenvalue weighted by atomic mass is 9.93. The van der Waals surface area contributed by atoms with Crippen molar-refractivity contribution in [2.45, 2.75) is 417 Å². The van der Waals surface area contributed by atoms with Gasteiger partial charge in [-0.25, -0.2) is 0 Å². The largest absolute Gasteiger partial charge is 0.394 e. The van der Waals surface area contributed by atoms with Crippen LogP contribution >= 0.6 is 0 Å². The number of hydrogen-bond acceptors (Lipinski definition) is 60. The van der Waals surface area contributed by atoms with Crippen LogP contribution in [0.25, 0.3) is 0 Å². The molecule has 866 valence electrons. The van der Waals surface area contributed by atoms with Gasteiger partial charge in [-0.15, -0.1) is 0 Å². The van der Waals surface area contributed by atoms with Gasteiger partial charge < -0.3 is 299 Å². The van der Waals surface area contributed by atoms with Crippen LogP contribution < -0.4 is 31.9 Å². The normalized spacial score (nSPS) is 48.8. The topological polar surface area (TPSA) is 1010 Å². The van der Waals surface area contributed by atoms with E-state index in [1.54, 1.807) is 0 Å². The van der Waals surface area contributed by atoms with E-state index < -0.39 is 476 Å². The van der Waals surface area contributed by atoms with Crippen molar-refractivity contribution in [1.29, 1.82) is 0 Å². The highest BCUT2D eigenvalue weighted by molar-refractivity contribution is 5.75. The van der Waals surface area contributed by atoms with Crippen molar-refractivity contribution in [3.63, 3.8) is 0 Å². The van der Waals surface area contributed by atoms with Gasteiger partial charge in [-0.3, -0.25) is 28.8 Å². The minimum absolute atomic E-state index is 0.834. The van der Waals surface area contributed by atoms with E-state index in [9.17, 15) is 187 Å². The second-order valence-corrected chi connectivity index (χ2v) is 38.1. The van der Waals surface area contributed by atoms with Gasteiger partial charge in [0.2, 0.25) is 35.4 Å². The molecule has 66 heteroatoms. The zero-order chi connectivity index (χ0) is 110. The number of carbonyl (C=O) groups is 6. The monoisotopic (exact) mass is 2190 g/mol. The second-order valence-electron chi connectivity index (χ2n) is 38.1. The van der Waals surface area contributed by atoms with Gasteiger partial charge in [0, 0.05) is 41.5 Å². The Morgan fingerprint density at radius 2 is 0.413 bits per heavy atom. The summed E-state index contributed by atoms with van der Waals surface area (Å²) in [6, 6.07) is -11.5. The molecule has 0 bridgehead atoms. The summed E-state index contributed by atoms with van der Waals surface area (Å²) in [6.45, 7) is -5.87.